The van der Waals surface area contributed by atoms with E-state index in [2.05, 4.69) is 75.4 Å². The van der Waals surface area contributed by atoms with Gasteiger partial charge < -0.3 is 0 Å². The van der Waals surface area contributed by atoms with Crippen molar-refractivity contribution in [2.24, 2.45) is 0 Å². The van der Waals surface area contributed by atoms with Gasteiger partial charge in [0.1, 0.15) is 0 Å². The van der Waals surface area contributed by atoms with Crippen LogP contribution >= 0.6 is 0 Å². The summed E-state index contributed by atoms with van der Waals surface area (Å²) in [6.07, 6.45) is 7.29. The summed E-state index contributed by atoms with van der Waals surface area (Å²) in [5, 5.41) is 5.86. The van der Waals surface area contributed by atoms with Crippen molar-refractivity contribution in [3.8, 4) is 22.3 Å². The summed E-state index contributed by atoms with van der Waals surface area (Å²) in [6.45, 7) is 6.91. The minimum atomic E-state index is 1.16. The topological polar surface area (TPSA) is 0 Å². The molecule has 0 bridgehead atoms. The van der Waals surface area contributed by atoms with E-state index in [1.54, 1.807) is 11.1 Å². The second kappa shape index (κ2) is 7.34. The van der Waals surface area contributed by atoms with Crippen LogP contribution < -0.4 is 0 Å². The molecule has 0 spiro atoms. The number of benzene rings is 4. The van der Waals surface area contributed by atoms with Crippen molar-refractivity contribution in [3.05, 3.63) is 71.3 Å². The molecule has 0 saturated heterocycles. The van der Waals surface area contributed by atoms with Crippen molar-refractivity contribution < 1.29 is 0 Å². The lowest BCUT2D eigenvalue weighted by Gasteiger charge is -2.21. The third-order valence-corrected chi connectivity index (χ3v) is 6.76. The van der Waals surface area contributed by atoms with Crippen molar-refractivity contribution in [3.63, 3.8) is 0 Å². The van der Waals surface area contributed by atoms with Crippen molar-refractivity contribution in [1.29, 1.82) is 0 Å². The monoisotopic (exact) mass is 378 g/mol. The normalized spacial score (nSPS) is 12.1. The van der Waals surface area contributed by atoms with E-state index in [0.29, 0.717) is 0 Å². The minimum Gasteiger partial charge on any atom is -0.0654 e. The molecule has 0 amide bonds. The Balaban J connectivity index is 1.97. The van der Waals surface area contributed by atoms with Crippen molar-refractivity contribution in [2.75, 3.05) is 0 Å². The average molecular weight is 379 g/mol. The lowest BCUT2D eigenvalue weighted by atomic mass is 9.83. The second-order valence-electron chi connectivity index (χ2n) is 8.62. The molecule has 0 fully saturated rings. The van der Waals surface area contributed by atoms with Crippen LogP contribution in [0.5, 0.6) is 0 Å². The number of fused-ring (bicyclic) bond motifs is 4. The molecule has 146 valence electrons. The maximum atomic E-state index is 2.38. The van der Waals surface area contributed by atoms with Gasteiger partial charge in [0.15, 0.2) is 0 Å². The quantitative estimate of drug-likeness (QED) is 0.277. The van der Waals surface area contributed by atoms with Crippen LogP contribution in [0.25, 0.3) is 43.8 Å². The zero-order valence-electron chi connectivity index (χ0n) is 17.9. The molecule has 0 unspecified atom stereocenters. The van der Waals surface area contributed by atoms with E-state index in [1.807, 2.05) is 0 Å². The maximum Gasteiger partial charge on any atom is -0.00262 e. The maximum absolute atomic E-state index is 2.38. The van der Waals surface area contributed by atoms with Gasteiger partial charge in [-0.25, -0.2) is 0 Å². The Bertz CT molecular complexity index is 1220. The fourth-order valence-corrected chi connectivity index (χ4v) is 5.45. The van der Waals surface area contributed by atoms with Gasteiger partial charge in [-0.1, -0.05) is 81.3 Å². The van der Waals surface area contributed by atoms with Crippen LogP contribution in [0.1, 0.15) is 56.2 Å². The van der Waals surface area contributed by atoms with Gasteiger partial charge in [-0.3, -0.25) is 0 Å². The molecule has 1 aliphatic carbocycles. The van der Waals surface area contributed by atoms with Crippen molar-refractivity contribution in [1.82, 2.24) is 0 Å². The van der Waals surface area contributed by atoms with Gasteiger partial charge in [0.05, 0.1) is 0 Å². The zero-order chi connectivity index (χ0) is 20.0. The van der Waals surface area contributed by atoms with Gasteiger partial charge in [0.2, 0.25) is 0 Å². The lowest BCUT2D eigenvalue weighted by Crippen LogP contribution is -2.00. The molecular weight excluding hydrogens is 348 g/mol. The van der Waals surface area contributed by atoms with Crippen LogP contribution in [0.3, 0.4) is 0 Å². The standard InChI is InChI=1S/C29H30/c1-4-6-14-22-21-16-8-11-19(3)26(21)23(15-7-5-2)29-25-18-10-13-20-12-9-17-24(27(20)25)28(22)29/h8-13,16-18H,4-7,14-15H2,1-3H3. The fourth-order valence-electron chi connectivity index (χ4n) is 5.45. The van der Waals surface area contributed by atoms with E-state index < -0.39 is 0 Å². The van der Waals surface area contributed by atoms with E-state index in [0.717, 1.165) is 6.42 Å². The van der Waals surface area contributed by atoms with Crippen LogP contribution in [0, 0.1) is 6.92 Å². The molecule has 4 aromatic carbocycles. The minimum absolute atomic E-state index is 1.16. The zero-order valence-corrected chi connectivity index (χ0v) is 17.9. The molecule has 5 rings (SSSR count). The number of unbranched alkanes of at least 4 members (excludes halogenated alkanes) is 2. The highest BCUT2D eigenvalue weighted by atomic mass is 14.3. The Morgan fingerprint density at radius 1 is 0.621 bits per heavy atom. The number of hydrogen-bond acceptors (Lipinski definition) is 0. The van der Waals surface area contributed by atoms with Gasteiger partial charge in [0, 0.05) is 0 Å². The van der Waals surface area contributed by atoms with E-state index in [9.17, 15) is 0 Å². The van der Waals surface area contributed by atoms with Gasteiger partial charge in [0.25, 0.3) is 0 Å². The Kier molecular flexibility index (Phi) is 4.66. The molecule has 0 heterocycles. The van der Waals surface area contributed by atoms with E-state index in [-0.39, 0.29) is 0 Å². The molecular formula is C29H30. The average Bonchev–Trinajstić information content (AvgIpc) is 3.08. The van der Waals surface area contributed by atoms with Crippen LogP contribution in [0.4, 0.5) is 0 Å². The SMILES string of the molecule is CCCCc1c2c(c(CCCC)c3c(C)cccc13)-c1cccc3cccc-2c13. The van der Waals surface area contributed by atoms with Crippen molar-refractivity contribution in [2.45, 2.75) is 59.3 Å². The highest BCUT2D eigenvalue weighted by Crippen LogP contribution is 2.53. The Morgan fingerprint density at radius 3 is 1.86 bits per heavy atom. The first kappa shape index (κ1) is 18.4. The molecule has 0 aromatic heterocycles. The molecule has 0 atom stereocenters. The first-order chi connectivity index (χ1) is 14.3. The molecule has 0 saturated carbocycles. The van der Waals surface area contributed by atoms with Crippen LogP contribution in [-0.2, 0) is 12.8 Å². The molecule has 0 aliphatic heterocycles. The van der Waals surface area contributed by atoms with Crippen LogP contribution in [0.15, 0.2) is 54.6 Å². The predicted octanol–water partition coefficient (Wildman–Crippen LogP) is 8.63. The second-order valence-corrected chi connectivity index (χ2v) is 8.62. The molecule has 1 aliphatic rings. The predicted molar refractivity (Wildman–Crippen MR) is 128 cm³/mol. The summed E-state index contributed by atoms with van der Waals surface area (Å²) in [6, 6.07) is 20.7. The lowest BCUT2D eigenvalue weighted by molar-refractivity contribution is 0.794. The summed E-state index contributed by atoms with van der Waals surface area (Å²) in [5.41, 5.74) is 10.6. The summed E-state index contributed by atoms with van der Waals surface area (Å²) in [4.78, 5) is 0. The largest absolute Gasteiger partial charge is 0.0654 e. The third-order valence-electron chi connectivity index (χ3n) is 6.76. The summed E-state index contributed by atoms with van der Waals surface area (Å²) in [5.74, 6) is 0. The van der Waals surface area contributed by atoms with Crippen LogP contribution in [0.2, 0.25) is 0 Å². The third kappa shape index (κ3) is 2.73. The summed E-state index contributed by atoms with van der Waals surface area (Å²) in [7, 11) is 0. The molecule has 0 radical (unpaired) electrons. The summed E-state index contributed by atoms with van der Waals surface area (Å²) >= 11 is 0. The van der Waals surface area contributed by atoms with E-state index in [1.165, 1.54) is 81.5 Å². The van der Waals surface area contributed by atoms with Gasteiger partial charge >= 0.3 is 0 Å². The van der Waals surface area contributed by atoms with E-state index in [4.69, 9.17) is 0 Å². The Morgan fingerprint density at radius 2 is 1.21 bits per heavy atom. The molecule has 4 aromatic rings. The van der Waals surface area contributed by atoms with Gasteiger partial charge in [-0.15, -0.1) is 0 Å². The molecule has 0 heteroatoms. The molecule has 29 heavy (non-hydrogen) atoms. The van der Waals surface area contributed by atoms with Crippen molar-refractivity contribution >= 4 is 21.5 Å². The first-order valence-electron chi connectivity index (χ1n) is 11.4. The van der Waals surface area contributed by atoms with Gasteiger partial charge in [-0.2, -0.15) is 0 Å². The molecule has 0 nitrogen and oxygen atoms in total. The highest BCUT2D eigenvalue weighted by molar-refractivity contribution is 6.20. The number of rotatable bonds is 6. The fraction of sp³-hybridized carbons (Fsp3) is 0.310. The van der Waals surface area contributed by atoms with Crippen LogP contribution in [-0.4, -0.2) is 0 Å². The van der Waals surface area contributed by atoms with E-state index >= 15 is 0 Å². The molecule has 0 N–H and O–H groups in total. The summed E-state index contributed by atoms with van der Waals surface area (Å²) < 4.78 is 0. The Labute approximate surface area is 174 Å². The number of aryl methyl sites for hydroxylation is 3. The van der Waals surface area contributed by atoms with Gasteiger partial charge in [-0.05, 0) is 93.1 Å². The smallest absolute Gasteiger partial charge is 0.00262 e. The Hall–Kier alpha value is -2.60. The first-order valence-corrected chi connectivity index (χ1v) is 11.4. The number of hydrogen-bond donors (Lipinski definition) is 0. The highest BCUT2D eigenvalue weighted by Gasteiger charge is 2.28.